The number of hydrogen-bond acceptors (Lipinski definition) is 6. The van der Waals surface area contributed by atoms with Crippen molar-refractivity contribution >= 4 is 27.4 Å². The molecule has 0 N–H and O–H groups in total. The van der Waals surface area contributed by atoms with Gasteiger partial charge in [0.25, 0.3) is 0 Å². The summed E-state index contributed by atoms with van der Waals surface area (Å²) in [7, 11) is -0.0336. The average molecular weight is 380 g/mol. The maximum Gasteiger partial charge on any atom is 0.414 e. The lowest BCUT2D eigenvalue weighted by Gasteiger charge is -2.16. The monoisotopic (exact) mass is 379 g/mol. The highest BCUT2D eigenvalue weighted by Gasteiger charge is 2.21. The van der Waals surface area contributed by atoms with E-state index in [1.807, 2.05) is 13.0 Å². The number of hydrogen-bond donors (Lipinski definition) is 0. The Hall–Kier alpha value is -1.29. The highest BCUT2D eigenvalue weighted by molar-refractivity contribution is 7.95. The number of rotatable bonds is 3. The molecule has 7 nitrogen and oxygen atoms in total. The fraction of sp³-hybridized carbons (Fsp3) is 0.533. The fourth-order valence-corrected chi connectivity index (χ4v) is 3.41. The molecule has 0 bridgehead atoms. The predicted molar refractivity (Wildman–Crippen MR) is 94.5 cm³/mol. The Labute approximate surface area is 147 Å². The minimum atomic E-state index is -4.41. The lowest BCUT2D eigenvalue weighted by Crippen LogP contribution is -2.25. The van der Waals surface area contributed by atoms with Crippen molar-refractivity contribution in [3.05, 3.63) is 22.8 Å². The van der Waals surface area contributed by atoms with Crippen LogP contribution in [0, 0.1) is 20.8 Å². The second-order valence-electron chi connectivity index (χ2n) is 5.42. The number of benzene rings is 1. The highest BCUT2D eigenvalue weighted by atomic mass is 32.3. The summed E-state index contributed by atoms with van der Waals surface area (Å²) in [5.74, 6) is 0.665. The maximum atomic E-state index is 11.6. The van der Waals surface area contributed by atoms with E-state index in [-0.39, 0.29) is 17.0 Å². The number of carbonyl (C=O) groups excluding carboxylic acids is 1. The summed E-state index contributed by atoms with van der Waals surface area (Å²) >= 11 is 0. The van der Waals surface area contributed by atoms with Crippen molar-refractivity contribution in [1.82, 2.24) is 4.90 Å². The van der Waals surface area contributed by atoms with E-state index in [1.54, 1.807) is 14.1 Å². The van der Waals surface area contributed by atoms with Crippen LogP contribution in [0.25, 0.3) is 0 Å². The van der Waals surface area contributed by atoms with Gasteiger partial charge < -0.3 is 14.2 Å². The molecule has 0 aromatic heterocycles. The SMILES string of the molecule is COS(=O)(=O)[O-].Cc1cc(OC(=O)N(C)C)c(C)c(C)c1[S+](C)C. The van der Waals surface area contributed by atoms with Gasteiger partial charge in [0.1, 0.15) is 18.3 Å². The summed E-state index contributed by atoms with van der Waals surface area (Å²) in [5.41, 5.74) is 3.46. The van der Waals surface area contributed by atoms with Gasteiger partial charge in [-0.05, 0) is 32.4 Å². The molecule has 0 saturated heterocycles. The quantitative estimate of drug-likeness (QED) is 0.453. The van der Waals surface area contributed by atoms with E-state index in [9.17, 15) is 17.8 Å². The standard InChI is InChI=1S/C14H22NO2S.CH4O4S/c1-9-8-12(17-14(16)15(4)5)10(2)11(3)13(9)18(6)7;1-5-6(2,3)4/h8H,1-7H3;1H3,(H,2,3,4)/q+1;/p-1. The predicted octanol–water partition coefficient (Wildman–Crippen LogP) is 2.00. The molecule has 9 heteroatoms. The van der Waals surface area contributed by atoms with Crippen molar-refractivity contribution < 1.29 is 26.7 Å². The van der Waals surface area contributed by atoms with Crippen LogP contribution in [-0.4, -0.2) is 57.7 Å². The summed E-state index contributed by atoms with van der Waals surface area (Å²) in [4.78, 5) is 14.4. The third-order valence-electron chi connectivity index (χ3n) is 3.15. The van der Waals surface area contributed by atoms with Crippen molar-refractivity contribution in [2.24, 2.45) is 0 Å². The first-order valence-corrected chi connectivity index (χ1v) is 10.3. The zero-order valence-electron chi connectivity index (χ0n) is 15.3. The van der Waals surface area contributed by atoms with Crippen molar-refractivity contribution in [2.45, 2.75) is 25.7 Å². The molecule has 1 rings (SSSR count). The van der Waals surface area contributed by atoms with Crippen LogP contribution in [0.5, 0.6) is 5.75 Å². The Bertz CT molecular complexity index is 684. The summed E-state index contributed by atoms with van der Waals surface area (Å²) in [6.07, 6.45) is 4.08. The van der Waals surface area contributed by atoms with Crippen molar-refractivity contribution in [2.75, 3.05) is 33.7 Å². The van der Waals surface area contributed by atoms with Crippen LogP contribution < -0.4 is 4.74 Å². The first-order chi connectivity index (χ1) is 10.8. The van der Waals surface area contributed by atoms with Gasteiger partial charge in [0.2, 0.25) is 10.4 Å². The molecule has 0 fully saturated rings. The van der Waals surface area contributed by atoms with Crippen molar-refractivity contribution in [3.63, 3.8) is 0 Å². The smallest absolute Gasteiger partial charge is 0.414 e. The molecule has 0 saturated carbocycles. The largest absolute Gasteiger partial charge is 0.726 e. The maximum absolute atomic E-state index is 11.6. The van der Waals surface area contributed by atoms with Crippen LogP contribution in [0.1, 0.15) is 16.7 Å². The van der Waals surface area contributed by atoms with Crippen molar-refractivity contribution in [1.29, 1.82) is 0 Å². The summed E-state index contributed by atoms with van der Waals surface area (Å²) in [6, 6.07) is 1.96. The Kier molecular flexibility index (Phi) is 8.76. The molecule has 0 radical (unpaired) electrons. The van der Waals surface area contributed by atoms with Crippen LogP contribution >= 0.6 is 0 Å². The first kappa shape index (κ1) is 22.7. The zero-order chi connectivity index (χ0) is 19.2. The molecule has 0 spiro atoms. The van der Waals surface area contributed by atoms with Gasteiger partial charge in [0.15, 0.2) is 4.90 Å². The summed E-state index contributed by atoms with van der Waals surface area (Å²) in [6.45, 7) is 6.17. The van der Waals surface area contributed by atoms with E-state index in [4.69, 9.17) is 4.74 Å². The third kappa shape index (κ3) is 7.08. The minimum Gasteiger partial charge on any atom is -0.726 e. The van der Waals surface area contributed by atoms with E-state index < -0.39 is 10.4 Å². The number of aryl methyl sites for hydroxylation is 1. The average Bonchev–Trinajstić information content (AvgIpc) is 2.43. The number of ether oxygens (including phenoxy) is 1. The topological polar surface area (TPSA) is 96.0 Å². The molecule has 1 amide bonds. The fourth-order valence-electron chi connectivity index (χ4n) is 1.94. The Morgan fingerprint density at radius 2 is 1.62 bits per heavy atom. The number of amides is 1. The lowest BCUT2D eigenvalue weighted by molar-refractivity contribution is 0.171. The second kappa shape index (κ2) is 9.26. The first-order valence-electron chi connectivity index (χ1n) is 6.90. The molecule has 0 aliphatic rings. The zero-order valence-corrected chi connectivity index (χ0v) is 16.9. The molecule has 0 aliphatic carbocycles. The molecular formula is C15H25NO6S2. The van der Waals surface area contributed by atoms with Gasteiger partial charge in [-0.3, -0.25) is 4.18 Å². The lowest BCUT2D eigenvalue weighted by atomic mass is 10.1. The highest BCUT2D eigenvalue weighted by Crippen LogP contribution is 2.30. The molecular weight excluding hydrogens is 354 g/mol. The van der Waals surface area contributed by atoms with Crippen LogP contribution in [0.4, 0.5) is 4.79 Å². The number of nitrogens with zero attached hydrogens (tertiary/aromatic N) is 1. The molecule has 138 valence electrons. The molecule has 24 heavy (non-hydrogen) atoms. The molecule has 0 aliphatic heterocycles. The molecule has 0 atom stereocenters. The number of carbonyl (C=O) groups is 1. The second-order valence-corrected chi connectivity index (χ2v) is 8.62. The Morgan fingerprint density at radius 1 is 1.17 bits per heavy atom. The molecule has 1 aromatic rings. The van der Waals surface area contributed by atoms with Gasteiger partial charge in [0.05, 0.1) is 7.11 Å². The normalized spacial score (nSPS) is 10.9. The molecule has 0 heterocycles. The van der Waals surface area contributed by atoms with E-state index in [0.29, 0.717) is 5.75 Å². The van der Waals surface area contributed by atoms with Gasteiger partial charge in [-0.2, -0.15) is 0 Å². The Balaban J connectivity index is 0.000000754. The van der Waals surface area contributed by atoms with E-state index in [0.717, 1.165) is 12.7 Å². The molecule has 0 unspecified atom stereocenters. The van der Waals surface area contributed by atoms with E-state index in [2.05, 4.69) is 30.5 Å². The van der Waals surface area contributed by atoms with E-state index >= 15 is 0 Å². The van der Waals surface area contributed by atoms with E-state index in [1.165, 1.54) is 20.9 Å². The minimum absolute atomic E-state index is 0.207. The van der Waals surface area contributed by atoms with Gasteiger partial charge in [-0.15, -0.1) is 0 Å². The van der Waals surface area contributed by atoms with Crippen LogP contribution in [0.15, 0.2) is 11.0 Å². The Morgan fingerprint density at radius 3 is 1.96 bits per heavy atom. The van der Waals surface area contributed by atoms with Crippen LogP contribution in [0.2, 0.25) is 0 Å². The van der Waals surface area contributed by atoms with Crippen molar-refractivity contribution in [3.8, 4) is 5.75 Å². The van der Waals surface area contributed by atoms with Gasteiger partial charge >= 0.3 is 6.09 Å². The molecule has 1 aromatic carbocycles. The van der Waals surface area contributed by atoms with Gasteiger partial charge in [-0.1, -0.05) is 0 Å². The third-order valence-corrected chi connectivity index (χ3v) is 5.01. The van der Waals surface area contributed by atoms with Gasteiger partial charge in [-0.25, -0.2) is 13.2 Å². The van der Waals surface area contributed by atoms with Crippen LogP contribution in [0.3, 0.4) is 0 Å². The van der Waals surface area contributed by atoms with Crippen LogP contribution in [-0.2, 0) is 25.5 Å². The van der Waals surface area contributed by atoms with Gasteiger partial charge in [0, 0.05) is 36.1 Å². The summed E-state index contributed by atoms with van der Waals surface area (Å²) < 4.78 is 36.4. The summed E-state index contributed by atoms with van der Waals surface area (Å²) in [5, 5.41) is 0.